The van der Waals surface area contributed by atoms with Gasteiger partial charge >= 0.3 is 0 Å². The quantitative estimate of drug-likeness (QED) is 0.827. The van der Waals surface area contributed by atoms with E-state index in [0.29, 0.717) is 11.1 Å². The number of nitrogens with one attached hydrogen (secondary N) is 2. The first kappa shape index (κ1) is 12.4. The molecule has 0 spiro atoms. The summed E-state index contributed by atoms with van der Waals surface area (Å²) in [5.41, 5.74) is 4.22. The zero-order valence-electron chi connectivity index (χ0n) is 10.7. The Balaban J connectivity index is 1.91. The SMILES string of the molecule is Cc1cccc(Nc2nc(Cl)c3c(n2)CCNC3)c1. The average Bonchev–Trinajstić information content (AvgIpc) is 2.39. The molecule has 0 saturated heterocycles. The summed E-state index contributed by atoms with van der Waals surface area (Å²) in [5, 5.41) is 7.02. The van der Waals surface area contributed by atoms with Crippen LogP contribution in [0, 0.1) is 6.92 Å². The Morgan fingerprint density at radius 3 is 3.05 bits per heavy atom. The lowest BCUT2D eigenvalue weighted by Gasteiger charge is -2.18. The summed E-state index contributed by atoms with van der Waals surface area (Å²) in [6.45, 7) is 3.74. The van der Waals surface area contributed by atoms with Gasteiger partial charge in [-0.1, -0.05) is 23.7 Å². The zero-order valence-corrected chi connectivity index (χ0v) is 11.5. The van der Waals surface area contributed by atoms with Gasteiger partial charge in [0.15, 0.2) is 0 Å². The fourth-order valence-corrected chi connectivity index (χ4v) is 2.47. The van der Waals surface area contributed by atoms with Crippen molar-refractivity contribution < 1.29 is 0 Å². The van der Waals surface area contributed by atoms with Crippen molar-refractivity contribution in [2.75, 3.05) is 11.9 Å². The average molecular weight is 275 g/mol. The summed E-state index contributed by atoms with van der Waals surface area (Å²) in [4.78, 5) is 8.87. The molecule has 5 heteroatoms. The minimum absolute atomic E-state index is 0.535. The van der Waals surface area contributed by atoms with Crippen LogP contribution in [-0.4, -0.2) is 16.5 Å². The highest BCUT2D eigenvalue weighted by Crippen LogP contribution is 2.23. The van der Waals surface area contributed by atoms with Crippen LogP contribution in [0.15, 0.2) is 24.3 Å². The number of rotatable bonds is 2. The molecule has 0 radical (unpaired) electrons. The largest absolute Gasteiger partial charge is 0.324 e. The molecule has 4 nitrogen and oxygen atoms in total. The van der Waals surface area contributed by atoms with Gasteiger partial charge in [0.05, 0.1) is 5.69 Å². The second kappa shape index (κ2) is 5.15. The van der Waals surface area contributed by atoms with Crippen LogP contribution in [0.3, 0.4) is 0 Å². The third-order valence-corrected chi connectivity index (χ3v) is 3.47. The van der Waals surface area contributed by atoms with Crippen molar-refractivity contribution in [3.63, 3.8) is 0 Å². The van der Waals surface area contributed by atoms with E-state index < -0.39 is 0 Å². The Bertz CT molecular complexity index is 612. The maximum atomic E-state index is 6.21. The second-order valence-corrected chi connectivity index (χ2v) is 5.04. The van der Waals surface area contributed by atoms with Gasteiger partial charge in [-0.15, -0.1) is 0 Å². The molecule has 0 bridgehead atoms. The van der Waals surface area contributed by atoms with Gasteiger partial charge in [0.25, 0.3) is 0 Å². The van der Waals surface area contributed by atoms with Crippen molar-refractivity contribution in [3.05, 3.63) is 46.2 Å². The molecule has 0 atom stereocenters. The molecule has 0 saturated carbocycles. The van der Waals surface area contributed by atoms with Gasteiger partial charge in [0, 0.05) is 30.8 Å². The summed E-state index contributed by atoms with van der Waals surface area (Å²) in [6.07, 6.45) is 0.889. The van der Waals surface area contributed by atoms with Gasteiger partial charge in [-0.25, -0.2) is 9.97 Å². The highest BCUT2D eigenvalue weighted by Gasteiger charge is 2.16. The van der Waals surface area contributed by atoms with E-state index in [2.05, 4.69) is 39.7 Å². The number of halogens is 1. The molecule has 0 fully saturated rings. The molecule has 1 aromatic carbocycles. The van der Waals surface area contributed by atoms with Crippen LogP contribution in [0.1, 0.15) is 16.8 Å². The van der Waals surface area contributed by atoms with Gasteiger partial charge < -0.3 is 10.6 Å². The zero-order chi connectivity index (χ0) is 13.2. The summed E-state index contributed by atoms with van der Waals surface area (Å²) in [7, 11) is 0. The molecule has 1 aliphatic heterocycles. The smallest absolute Gasteiger partial charge is 0.228 e. The summed E-state index contributed by atoms with van der Waals surface area (Å²) in [6, 6.07) is 8.10. The van der Waals surface area contributed by atoms with Crippen LogP contribution in [0.5, 0.6) is 0 Å². The molecule has 19 heavy (non-hydrogen) atoms. The maximum Gasteiger partial charge on any atom is 0.228 e. The third kappa shape index (κ3) is 2.69. The summed E-state index contributed by atoms with van der Waals surface area (Å²) < 4.78 is 0. The Morgan fingerprint density at radius 1 is 1.32 bits per heavy atom. The minimum atomic E-state index is 0.535. The number of anilines is 2. The number of nitrogens with zero attached hydrogens (tertiary/aromatic N) is 2. The van der Waals surface area contributed by atoms with Gasteiger partial charge in [0.2, 0.25) is 5.95 Å². The third-order valence-electron chi connectivity index (χ3n) is 3.16. The molecule has 2 N–H and O–H groups in total. The van der Waals surface area contributed by atoms with Crippen molar-refractivity contribution in [3.8, 4) is 0 Å². The standard InChI is InChI=1S/C14H15ClN4/c1-9-3-2-4-10(7-9)17-14-18-12-5-6-16-8-11(12)13(15)19-14/h2-4,7,16H,5-6,8H2,1H3,(H,17,18,19). The van der Waals surface area contributed by atoms with E-state index in [9.17, 15) is 0 Å². The lowest BCUT2D eigenvalue weighted by molar-refractivity contribution is 0.627. The Morgan fingerprint density at radius 2 is 2.21 bits per heavy atom. The topological polar surface area (TPSA) is 49.8 Å². The van der Waals surface area contributed by atoms with Gasteiger partial charge in [-0.3, -0.25) is 0 Å². The van der Waals surface area contributed by atoms with Crippen LogP contribution in [0.4, 0.5) is 11.6 Å². The van der Waals surface area contributed by atoms with E-state index in [0.717, 1.165) is 36.5 Å². The molecule has 0 aliphatic carbocycles. The van der Waals surface area contributed by atoms with E-state index in [4.69, 9.17) is 11.6 Å². The van der Waals surface area contributed by atoms with Crippen LogP contribution in [0.25, 0.3) is 0 Å². The van der Waals surface area contributed by atoms with E-state index in [1.165, 1.54) is 5.56 Å². The molecule has 3 rings (SSSR count). The molecule has 98 valence electrons. The number of benzene rings is 1. The van der Waals surface area contributed by atoms with Gasteiger partial charge in [-0.2, -0.15) is 0 Å². The van der Waals surface area contributed by atoms with E-state index in [1.54, 1.807) is 0 Å². The van der Waals surface area contributed by atoms with Gasteiger partial charge in [-0.05, 0) is 24.6 Å². The highest BCUT2D eigenvalue weighted by molar-refractivity contribution is 6.30. The molecule has 0 unspecified atom stereocenters. The van der Waals surface area contributed by atoms with E-state index in [-0.39, 0.29) is 0 Å². The lowest BCUT2D eigenvalue weighted by Crippen LogP contribution is -2.25. The summed E-state index contributed by atoms with van der Waals surface area (Å²) in [5.74, 6) is 0.566. The van der Waals surface area contributed by atoms with Crippen molar-refractivity contribution in [1.82, 2.24) is 15.3 Å². The number of aryl methyl sites for hydroxylation is 1. The van der Waals surface area contributed by atoms with Crippen molar-refractivity contribution in [2.45, 2.75) is 19.9 Å². The van der Waals surface area contributed by atoms with Crippen molar-refractivity contribution in [1.29, 1.82) is 0 Å². The fraction of sp³-hybridized carbons (Fsp3) is 0.286. The van der Waals surface area contributed by atoms with Crippen LogP contribution < -0.4 is 10.6 Å². The van der Waals surface area contributed by atoms with Crippen LogP contribution in [0.2, 0.25) is 5.15 Å². The number of hydrogen-bond donors (Lipinski definition) is 2. The normalized spacial score (nSPS) is 14.0. The van der Waals surface area contributed by atoms with Crippen molar-refractivity contribution >= 4 is 23.2 Å². The fourth-order valence-electron chi connectivity index (χ4n) is 2.21. The predicted octanol–water partition coefficient (Wildman–Crippen LogP) is 2.83. The Hall–Kier alpha value is -1.65. The number of fused-ring (bicyclic) bond motifs is 1. The first-order valence-corrected chi connectivity index (χ1v) is 6.70. The van der Waals surface area contributed by atoms with E-state index >= 15 is 0 Å². The number of hydrogen-bond acceptors (Lipinski definition) is 4. The molecular formula is C14H15ClN4. The molecule has 1 aromatic heterocycles. The first-order valence-electron chi connectivity index (χ1n) is 6.32. The Labute approximate surface area is 117 Å². The molecule has 2 heterocycles. The molecule has 1 aliphatic rings. The van der Waals surface area contributed by atoms with E-state index in [1.807, 2.05) is 12.1 Å². The van der Waals surface area contributed by atoms with Crippen LogP contribution in [-0.2, 0) is 13.0 Å². The highest BCUT2D eigenvalue weighted by atomic mass is 35.5. The summed E-state index contributed by atoms with van der Waals surface area (Å²) >= 11 is 6.21. The molecule has 0 amide bonds. The van der Waals surface area contributed by atoms with Crippen LogP contribution >= 0.6 is 11.6 Å². The van der Waals surface area contributed by atoms with Crippen molar-refractivity contribution in [2.24, 2.45) is 0 Å². The first-order chi connectivity index (χ1) is 9.22. The maximum absolute atomic E-state index is 6.21. The monoisotopic (exact) mass is 274 g/mol. The lowest BCUT2D eigenvalue weighted by atomic mass is 10.1. The minimum Gasteiger partial charge on any atom is -0.324 e. The second-order valence-electron chi connectivity index (χ2n) is 4.68. The number of aromatic nitrogens is 2. The molecular weight excluding hydrogens is 260 g/mol. The predicted molar refractivity (Wildman–Crippen MR) is 76.9 cm³/mol. The van der Waals surface area contributed by atoms with Gasteiger partial charge in [0.1, 0.15) is 5.15 Å². The Kier molecular flexibility index (Phi) is 3.36. The molecule has 2 aromatic rings.